The van der Waals surface area contributed by atoms with Gasteiger partial charge in [0.25, 0.3) is 0 Å². The van der Waals surface area contributed by atoms with Gasteiger partial charge < -0.3 is 5.11 Å². The van der Waals surface area contributed by atoms with Gasteiger partial charge in [-0.15, -0.1) is 0 Å². The maximum absolute atomic E-state index is 9.28. The van der Waals surface area contributed by atoms with Gasteiger partial charge in [-0.1, -0.05) is 0 Å². The average Bonchev–Trinajstić information content (AvgIpc) is 2.02. The van der Waals surface area contributed by atoms with Crippen molar-refractivity contribution in [3.63, 3.8) is 0 Å². The molecular weight excluding hydrogens is 162 g/mol. The van der Waals surface area contributed by atoms with Crippen LogP contribution < -0.4 is 0 Å². The number of hydrogen-bond donors (Lipinski definition) is 1. The molecule has 1 aromatic carbocycles. The van der Waals surface area contributed by atoms with E-state index in [-0.39, 0.29) is 0 Å². The third kappa shape index (κ3) is 2.22. The van der Waals surface area contributed by atoms with E-state index in [1.165, 1.54) is 5.56 Å². The van der Waals surface area contributed by atoms with E-state index in [0.717, 1.165) is 17.5 Å². The molecule has 0 heterocycles. The topological polar surface area (TPSA) is 44.0 Å². The second kappa shape index (κ2) is 3.95. The molecule has 1 N–H and O–H groups in total. The number of phenolic OH excluding ortho intramolecular Hbond substituents is 1. The first kappa shape index (κ1) is 9.60. The number of hydrogen-bond acceptors (Lipinski definition) is 2. The lowest BCUT2D eigenvalue weighted by molar-refractivity contribution is 0.474. The Balaban J connectivity index is 3.00. The molecule has 0 aliphatic carbocycles. The SMILES string of the molecule is Cc1cc(O)cc(C)c1CCC#N. The van der Waals surface area contributed by atoms with Gasteiger partial charge in [-0.05, 0) is 49.1 Å². The highest BCUT2D eigenvalue weighted by molar-refractivity contribution is 5.40. The van der Waals surface area contributed by atoms with Crippen LogP contribution >= 0.6 is 0 Å². The molecule has 1 aromatic rings. The van der Waals surface area contributed by atoms with E-state index in [2.05, 4.69) is 6.07 Å². The number of phenols is 1. The van der Waals surface area contributed by atoms with E-state index in [0.29, 0.717) is 12.2 Å². The lowest BCUT2D eigenvalue weighted by Gasteiger charge is -2.08. The fraction of sp³-hybridized carbons (Fsp3) is 0.364. The summed E-state index contributed by atoms with van der Waals surface area (Å²) in [6, 6.07) is 5.59. The van der Waals surface area contributed by atoms with Crippen molar-refractivity contribution in [1.82, 2.24) is 0 Å². The molecule has 68 valence electrons. The minimum absolute atomic E-state index is 0.302. The summed E-state index contributed by atoms with van der Waals surface area (Å²) in [6.07, 6.45) is 1.31. The Hall–Kier alpha value is -1.49. The summed E-state index contributed by atoms with van der Waals surface area (Å²) >= 11 is 0. The maximum atomic E-state index is 9.28. The van der Waals surface area contributed by atoms with Crippen LogP contribution in [0.5, 0.6) is 5.75 Å². The summed E-state index contributed by atoms with van der Waals surface area (Å²) in [5.41, 5.74) is 3.31. The molecule has 0 bridgehead atoms. The molecule has 0 radical (unpaired) electrons. The predicted octanol–water partition coefficient (Wildman–Crippen LogP) is 2.47. The largest absolute Gasteiger partial charge is 0.508 e. The first-order valence-electron chi connectivity index (χ1n) is 4.31. The maximum Gasteiger partial charge on any atom is 0.116 e. The second-order valence-electron chi connectivity index (χ2n) is 3.22. The zero-order chi connectivity index (χ0) is 9.84. The number of nitrogens with zero attached hydrogens (tertiary/aromatic N) is 1. The van der Waals surface area contributed by atoms with Gasteiger partial charge in [-0.3, -0.25) is 0 Å². The van der Waals surface area contributed by atoms with Crippen LogP contribution in [0, 0.1) is 25.2 Å². The Morgan fingerprint density at radius 3 is 2.31 bits per heavy atom. The van der Waals surface area contributed by atoms with Crippen LogP contribution in [0.15, 0.2) is 12.1 Å². The minimum Gasteiger partial charge on any atom is -0.508 e. The zero-order valence-corrected chi connectivity index (χ0v) is 7.96. The molecule has 2 heteroatoms. The molecule has 13 heavy (non-hydrogen) atoms. The molecule has 0 aliphatic heterocycles. The van der Waals surface area contributed by atoms with E-state index in [1.54, 1.807) is 12.1 Å². The van der Waals surface area contributed by atoms with Crippen molar-refractivity contribution in [3.05, 3.63) is 28.8 Å². The van der Waals surface area contributed by atoms with Crippen LogP contribution in [-0.2, 0) is 6.42 Å². The van der Waals surface area contributed by atoms with Crippen molar-refractivity contribution in [1.29, 1.82) is 5.26 Å². The Morgan fingerprint density at radius 2 is 1.85 bits per heavy atom. The normalized spacial score (nSPS) is 9.62. The summed E-state index contributed by atoms with van der Waals surface area (Å²) in [6.45, 7) is 3.92. The minimum atomic E-state index is 0.302. The Bertz CT molecular complexity index is 327. The fourth-order valence-electron chi connectivity index (χ4n) is 1.55. The Labute approximate surface area is 78.4 Å². The lowest BCUT2D eigenvalue weighted by atomic mass is 9.98. The molecule has 0 saturated carbocycles. The lowest BCUT2D eigenvalue weighted by Crippen LogP contribution is -1.93. The van der Waals surface area contributed by atoms with Crippen LogP contribution in [0.1, 0.15) is 23.1 Å². The number of aryl methyl sites for hydroxylation is 2. The summed E-state index contributed by atoms with van der Waals surface area (Å²) in [4.78, 5) is 0. The van der Waals surface area contributed by atoms with Gasteiger partial charge in [0.2, 0.25) is 0 Å². The third-order valence-corrected chi connectivity index (χ3v) is 2.17. The zero-order valence-electron chi connectivity index (χ0n) is 7.96. The van der Waals surface area contributed by atoms with Crippen LogP contribution in [0.4, 0.5) is 0 Å². The van der Waals surface area contributed by atoms with Gasteiger partial charge >= 0.3 is 0 Å². The van der Waals surface area contributed by atoms with Gasteiger partial charge in [0, 0.05) is 6.42 Å². The smallest absolute Gasteiger partial charge is 0.116 e. The van der Waals surface area contributed by atoms with E-state index in [1.807, 2.05) is 13.8 Å². The molecule has 0 amide bonds. The number of benzene rings is 1. The first-order chi connectivity index (χ1) is 6.15. The first-order valence-corrected chi connectivity index (χ1v) is 4.31. The molecule has 0 aromatic heterocycles. The van der Waals surface area contributed by atoms with E-state index < -0.39 is 0 Å². The molecule has 0 atom stereocenters. The molecule has 0 spiro atoms. The van der Waals surface area contributed by atoms with Gasteiger partial charge in [-0.25, -0.2) is 0 Å². The predicted molar refractivity (Wildman–Crippen MR) is 51.5 cm³/mol. The van der Waals surface area contributed by atoms with Gasteiger partial charge in [-0.2, -0.15) is 5.26 Å². The highest BCUT2D eigenvalue weighted by Gasteiger charge is 2.03. The monoisotopic (exact) mass is 175 g/mol. The summed E-state index contributed by atoms with van der Waals surface area (Å²) in [7, 11) is 0. The molecule has 2 nitrogen and oxygen atoms in total. The molecular formula is C11H13NO. The van der Waals surface area contributed by atoms with Crippen LogP contribution in [0.3, 0.4) is 0 Å². The van der Waals surface area contributed by atoms with Gasteiger partial charge in [0.05, 0.1) is 6.07 Å². The third-order valence-electron chi connectivity index (χ3n) is 2.17. The number of aromatic hydroxyl groups is 1. The second-order valence-corrected chi connectivity index (χ2v) is 3.22. The van der Waals surface area contributed by atoms with Crippen molar-refractivity contribution in [2.45, 2.75) is 26.7 Å². The number of nitriles is 1. The Kier molecular flexibility index (Phi) is 2.92. The van der Waals surface area contributed by atoms with E-state index >= 15 is 0 Å². The summed E-state index contributed by atoms with van der Waals surface area (Å²) in [5.74, 6) is 0.302. The van der Waals surface area contributed by atoms with Crippen molar-refractivity contribution in [2.75, 3.05) is 0 Å². The summed E-state index contributed by atoms with van der Waals surface area (Å²) in [5, 5.41) is 17.7. The molecule has 0 aliphatic rings. The van der Waals surface area contributed by atoms with Crippen LogP contribution in [0.25, 0.3) is 0 Å². The Morgan fingerprint density at radius 1 is 1.31 bits per heavy atom. The molecule has 0 saturated heterocycles. The van der Waals surface area contributed by atoms with Crippen molar-refractivity contribution in [3.8, 4) is 11.8 Å². The van der Waals surface area contributed by atoms with Gasteiger partial charge in [0.1, 0.15) is 5.75 Å². The van der Waals surface area contributed by atoms with Gasteiger partial charge in [0.15, 0.2) is 0 Å². The van der Waals surface area contributed by atoms with Crippen molar-refractivity contribution < 1.29 is 5.11 Å². The highest BCUT2D eigenvalue weighted by Crippen LogP contribution is 2.21. The molecule has 0 fully saturated rings. The number of rotatable bonds is 2. The summed E-state index contributed by atoms with van der Waals surface area (Å²) < 4.78 is 0. The highest BCUT2D eigenvalue weighted by atomic mass is 16.3. The van der Waals surface area contributed by atoms with Crippen LogP contribution in [-0.4, -0.2) is 5.11 Å². The standard InChI is InChI=1S/C11H13NO/c1-8-6-10(13)7-9(2)11(8)4-3-5-12/h6-7,13H,3-4H2,1-2H3. The molecule has 0 unspecified atom stereocenters. The van der Waals surface area contributed by atoms with Crippen molar-refractivity contribution >= 4 is 0 Å². The van der Waals surface area contributed by atoms with E-state index in [9.17, 15) is 5.11 Å². The van der Waals surface area contributed by atoms with Crippen LogP contribution in [0.2, 0.25) is 0 Å². The molecule has 1 rings (SSSR count). The quantitative estimate of drug-likeness (QED) is 0.750. The van der Waals surface area contributed by atoms with E-state index in [4.69, 9.17) is 5.26 Å². The average molecular weight is 175 g/mol. The van der Waals surface area contributed by atoms with Crippen molar-refractivity contribution in [2.24, 2.45) is 0 Å². The fourth-order valence-corrected chi connectivity index (χ4v) is 1.55.